The number of Topliss-reactive ketones (excluding diaryl/α,β-unsaturated/α-hetero) is 1. The van der Waals surface area contributed by atoms with Crippen LogP contribution in [0.1, 0.15) is 55.8 Å². The average molecular weight is 399 g/mol. The van der Waals surface area contributed by atoms with Gasteiger partial charge in [0, 0.05) is 28.0 Å². The molecule has 0 saturated heterocycles. The number of ketones is 1. The van der Waals surface area contributed by atoms with Crippen LogP contribution in [-0.2, 0) is 4.79 Å². The van der Waals surface area contributed by atoms with Gasteiger partial charge in [-0.05, 0) is 53.5 Å². The van der Waals surface area contributed by atoms with E-state index in [0.717, 1.165) is 9.99 Å². The topological polar surface area (TPSA) is 46.2 Å². The van der Waals surface area contributed by atoms with E-state index in [0.29, 0.717) is 17.5 Å². The third-order valence-corrected chi connectivity index (χ3v) is 4.92. The standard InChI is InChI=1S/C17H22INO2/c1-12-4-2-3-5-15(12)19-17(21)11-10-16(20)13-6-8-14(18)9-7-13/h6-9,12,15H,2-5,10-11H2,1H3,(H,19,21)/t12-,15+/m0/s1. The first-order valence-electron chi connectivity index (χ1n) is 7.64. The number of carbonyl (C=O) groups excluding carboxylic acids is 2. The fourth-order valence-corrected chi connectivity index (χ4v) is 3.18. The van der Waals surface area contributed by atoms with Crippen molar-refractivity contribution in [3.05, 3.63) is 33.4 Å². The molecule has 4 heteroatoms. The predicted molar refractivity (Wildman–Crippen MR) is 92.3 cm³/mol. The Kier molecular flexibility index (Phi) is 6.21. The van der Waals surface area contributed by atoms with Gasteiger partial charge in [0.15, 0.2) is 5.78 Å². The molecule has 2 atom stereocenters. The van der Waals surface area contributed by atoms with E-state index in [1.54, 1.807) is 0 Å². The second kappa shape index (κ2) is 7.92. The van der Waals surface area contributed by atoms with Crippen LogP contribution in [0.3, 0.4) is 0 Å². The first kappa shape index (κ1) is 16.5. The molecule has 3 nitrogen and oxygen atoms in total. The Morgan fingerprint density at radius 2 is 1.81 bits per heavy atom. The molecule has 1 aromatic rings. The van der Waals surface area contributed by atoms with Crippen molar-refractivity contribution in [3.63, 3.8) is 0 Å². The third-order valence-electron chi connectivity index (χ3n) is 4.20. The second-order valence-electron chi connectivity index (χ2n) is 5.87. The fourth-order valence-electron chi connectivity index (χ4n) is 2.82. The number of rotatable bonds is 5. The van der Waals surface area contributed by atoms with E-state index in [2.05, 4.69) is 34.8 Å². The van der Waals surface area contributed by atoms with E-state index in [-0.39, 0.29) is 24.5 Å². The van der Waals surface area contributed by atoms with E-state index in [1.807, 2.05) is 24.3 Å². The molecule has 1 saturated carbocycles. The summed E-state index contributed by atoms with van der Waals surface area (Å²) in [6.07, 6.45) is 5.28. The van der Waals surface area contributed by atoms with Crippen LogP contribution in [-0.4, -0.2) is 17.7 Å². The summed E-state index contributed by atoms with van der Waals surface area (Å²) in [6.45, 7) is 2.20. The predicted octanol–water partition coefficient (Wildman–Crippen LogP) is 3.95. The molecule has 0 unspecified atom stereocenters. The highest BCUT2D eigenvalue weighted by atomic mass is 127. The molecule has 21 heavy (non-hydrogen) atoms. The summed E-state index contributed by atoms with van der Waals surface area (Å²) >= 11 is 2.21. The molecule has 2 rings (SSSR count). The molecule has 0 radical (unpaired) electrons. The maximum atomic E-state index is 12.0. The molecule has 0 spiro atoms. The van der Waals surface area contributed by atoms with Crippen LogP contribution in [0.25, 0.3) is 0 Å². The monoisotopic (exact) mass is 399 g/mol. The molecule has 1 aliphatic rings. The number of hydrogen-bond donors (Lipinski definition) is 1. The van der Waals surface area contributed by atoms with Crippen LogP contribution >= 0.6 is 22.6 Å². The maximum absolute atomic E-state index is 12.0. The van der Waals surface area contributed by atoms with Gasteiger partial charge in [-0.15, -0.1) is 0 Å². The molecule has 1 aliphatic carbocycles. The SMILES string of the molecule is C[C@H]1CCCC[C@H]1NC(=O)CCC(=O)c1ccc(I)cc1. The van der Waals surface area contributed by atoms with E-state index < -0.39 is 0 Å². The number of benzene rings is 1. The Balaban J connectivity index is 1.78. The minimum atomic E-state index is 0.00705. The van der Waals surface area contributed by atoms with E-state index >= 15 is 0 Å². The van der Waals surface area contributed by atoms with E-state index in [1.165, 1.54) is 19.3 Å². The van der Waals surface area contributed by atoms with Gasteiger partial charge in [-0.1, -0.05) is 31.9 Å². The quantitative estimate of drug-likeness (QED) is 0.602. The Labute approximate surface area is 140 Å². The van der Waals surface area contributed by atoms with Crippen molar-refractivity contribution >= 4 is 34.3 Å². The van der Waals surface area contributed by atoms with Gasteiger partial charge in [-0.3, -0.25) is 9.59 Å². The summed E-state index contributed by atoms with van der Waals surface area (Å²) in [4.78, 5) is 24.0. The van der Waals surface area contributed by atoms with Crippen LogP contribution in [0.2, 0.25) is 0 Å². The lowest BCUT2D eigenvalue weighted by molar-refractivity contribution is -0.122. The van der Waals surface area contributed by atoms with Gasteiger partial charge in [-0.2, -0.15) is 0 Å². The average Bonchev–Trinajstić information content (AvgIpc) is 2.48. The molecule has 1 N–H and O–H groups in total. The third kappa shape index (κ3) is 5.09. The van der Waals surface area contributed by atoms with Gasteiger partial charge in [-0.25, -0.2) is 0 Å². The van der Waals surface area contributed by atoms with Crippen molar-refractivity contribution in [2.75, 3.05) is 0 Å². The first-order valence-corrected chi connectivity index (χ1v) is 8.72. The van der Waals surface area contributed by atoms with Crippen molar-refractivity contribution in [1.82, 2.24) is 5.32 Å². The molecule has 114 valence electrons. The number of hydrogen-bond acceptors (Lipinski definition) is 2. The van der Waals surface area contributed by atoms with Crippen molar-refractivity contribution < 1.29 is 9.59 Å². The molecule has 0 bridgehead atoms. The van der Waals surface area contributed by atoms with Crippen LogP contribution < -0.4 is 5.32 Å². The van der Waals surface area contributed by atoms with E-state index in [4.69, 9.17) is 0 Å². The van der Waals surface area contributed by atoms with Gasteiger partial charge in [0.05, 0.1) is 0 Å². The van der Waals surface area contributed by atoms with Gasteiger partial charge in [0.1, 0.15) is 0 Å². The second-order valence-corrected chi connectivity index (χ2v) is 7.11. The molecular weight excluding hydrogens is 377 g/mol. The van der Waals surface area contributed by atoms with Crippen molar-refractivity contribution in [3.8, 4) is 0 Å². The molecular formula is C17H22INO2. The Hall–Kier alpha value is -0.910. The lowest BCUT2D eigenvalue weighted by atomic mass is 9.86. The van der Waals surface area contributed by atoms with Crippen molar-refractivity contribution in [1.29, 1.82) is 0 Å². The largest absolute Gasteiger partial charge is 0.353 e. The van der Waals surface area contributed by atoms with Gasteiger partial charge in [0.25, 0.3) is 0 Å². The number of halogens is 1. The zero-order chi connectivity index (χ0) is 15.2. The smallest absolute Gasteiger partial charge is 0.220 e. The minimum absolute atomic E-state index is 0.00705. The highest BCUT2D eigenvalue weighted by molar-refractivity contribution is 14.1. The maximum Gasteiger partial charge on any atom is 0.220 e. The van der Waals surface area contributed by atoms with Crippen LogP contribution in [0.4, 0.5) is 0 Å². The minimum Gasteiger partial charge on any atom is -0.353 e. The number of amides is 1. The summed E-state index contributed by atoms with van der Waals surface area (Å²) in [5, 5.41) is 3.09. The Morgan fingerprint density at radius 1 is 1.14 bits per heavy atom. The molecule has 1 aromatic carbocycles. The summed E-state index contributed by atoms with van der Waals surface area (Å²) in [7, 11) is 0. The van der Waals surface area contributed by atoms with Crippen molar-refractivity contribution in [2.24, 2.45) is 5.92 Å². The number of nitrogens with one attached hydrogen (secondary N) is 1. The molecule has 0 aliphatic heterocycles. The summed E-state index contributed by atoms with van der Waals surface area (Å²) < 4.78 is 1.10. The summed E-state index contributed by atoms with van der Waals surface area (Å²) in [5.41, 5.74) is 0.689. The number of carbonyl (C=O) groups is 2. The molecule has 1 amide bonds. The lowest BCUT2D eigenvalue weighted by Crippen LogP contribution is -2.41. The van der Waals surface area contributed by atoms with Crippen molar-refractivity contribution in [2.45, 2.75) is 51.5 Å². The lowest BCUT2D eigenvalue weighted by Gasteiger charge is -2.29. The Morgan fingerprint density at radius 3 is 2.48 bits per heavy atom. The molecule has 0 aromatic heterocycles. The Bertz CT molecular complexity index is 498. The van der Waals surface area contributed by atoms with E-state index in [9.17, 15) is 9.59 Å². The zero-order valence-electron chi connectivity index (χ0n) is 12.4. The highest BCUT2D eigenvalue weighted by Crippen LogP contribution is 2.23. The normalized spacial score (nSPS) is 21.8. The van der Waals surface area contributed by atoms with Gasteiger partial charge < -0.3 is 5.32 Å². The highest BCUT2D eigenvalue weighted by Gasteiger charge is 2.22. The van der Waals surface area contributed by atoms with Gasteiger partial charge in [0.2, 0.25) is 5.91 Å². The summed E-state index contributed by atoms with van der Waals surface area (Å²) in [5.74, 6) is 0.598. The van der Waals surface area contributed by atoms with Crippen LogP contribution in [0.5, 0.6) is 0 Å². The molecule has 0 heterocycles. The van der Waals surface area contributed by atoms with Crippen LogP contribution in [0.15, 0.2) is 24.3 Å². The summed E-state index contributed by atoms with van der Waals surface area (Å²) in [6, 6.07) is 7.77. The first-order chi connectivity index (χ1) is 10.1. The fraction of sp³-hybridized carbons (Fsp3) is 0.529. The zero-order valence-corrected chi connectivity index (χ0v) is 14.6. The molecule has 1 fully saturated rings. The van der Waals surface area contributed by atoms with Crippen LogP contribution in [0, 0.1) is 9.49 Å². The van der Waals surface area contributed by atoms with Gasteiger partial charge >= 0.3 is 0 Å².